The molecule has 90 valence electrons. The molecule has 0 fully saturated rings. The molecule has 3 heteroatoms. The standard InChI is InChI=1S/C15H11F2N/c1-10-5-4-6-11(9-10)15-14(16)12-7-2-3-8-13(12)18(15)17/h2-9H,1H3. The lowest BCUT2D eigenvalue weighted by atomic mass is 10.1. The number of nitrogens with zero attached hydrogens (tertiary/aromatic N) is 1. The Morgan fingerprint density at radius 2 is 1.78 bits per heavy atom. The van der Waals surface area contributed by atoms with Crippen LogP contribution in [-0.4, -0.2) is 4.79 Å². The molecular weight excluding hydrogens is 232 g/mol. The molecule has 0 aliphatic carbocycles. The van der Waals surface area contributed by atoms with Gasteiger partial charge in [0, 0.05) is 10.9 Å². The minimum atomic E-state index is -0.515. The average Bonchev–Trinajstić information content (AvgIpc) is 2.63. The summed E-state index contributed by atoms with van der Waals surface area (Å²) in [5, 5.41) is 0.302. The second kappa shape index (κ2) is 3.95. The third-order valence-corrected chi connectivity index (χ3v) is 3.05. The van der Waals surface area contributed by atoms with Crippen LogP contribution < -0.4 is 0 Å². The molecule has 0 saturated carbocycles. The summed E-state index contributed by atoms with van der Waals surface area (Å²) in [6.07, 6.45) is 0. The number of aromatic nitrogens is 1. The maximum absolute atomic E-state index is 14.2. The van der Waals surface area contributed by atoms with E-state index in [1.807, 2.05) is 13.0 Å². The zero-order chi connectivity index (χ0) is 12.7. The first kappa shape index (κ1) is 11.0. The third-order valence-electron chi connectivity index (χ3n) is 3.05. The van der Waals surface area contributed by atoms with Gasteiger partial charge in [0.05, 0.1) is 5.52 Å². The molecule has 0 amide bonds. The van der Waals surface area contributed by atoms with Crippen molar-refractivity contribution in [3.05, 3.63) is 59.9 Å². The molecule has 1 aromatic heterocycles. The highest BCUT2D eigenvalue weighted by molar-refractivity contribution is 5.87. The summed E-state index contributed by atoms with van der Waals surface area (Å²) in [5.74, 6) is -0.515. The number of rotatable bonds is 1. The second-order valence-electron chi connectivity index (χ2n) is 4.33. The van der Waals surface area contributed by atoms with Crippen LogP contribution >= 0.6 is 0 Å². The van der Waals surface area contributed by atoms with Gasteiger partial charge in [0.1, 0.15) is 5.69 Å². The fourth-order valence-corrected chi connectivity index (χ4v) is 2.20. The fourth-order valence-electron chi connectivity index (χ4n) is 2.20. The van der Waals surface area contributed by atoms with Crippen LogP contribution in [0.2, 0.25) is 0 Å². The molecule has 1 nitrogen and oxygen atoms in total. The molecule has 0 spiro atoms. The van der Waals surface area contributed by atoms with E-state index in [0.29, 0.717) is 15.7 Å². The van der Waals surface area contributed by atoms with Gasteiger partial charge in [0.2, 0.25) is 0 Å². The summed E-state index contributed by atoms with van der Waals surface area (Å²) in [6, 6.07) is 13.7. The fraction of sp³-hybridized carbons (Fsp3) is 0.0667. The minimum absolute atomic E-state index is 0.0140. The maximum Gasteiger partial charge on any atom is 0.159 e. The average molecular weight is 243 g/mol. The quantitative estimate of drug-likeness (QED) is 0.593. The van der Waals surface area contributed by atoms with Crippen LogP contribution in [0.4, 0.5) is 8.87 Å². The van der Waals surface area contributed by atoms with E-state index in [-0.39, 0.29) is 11.2 Å². The third kappa shape index (κ3) is 1.51. The summed E-state index contributed by atoms with van der Waals surface area (Å²) in [7, 11) is 0. The van der Waals surface area contributed by atoms with E-state index in [1.165, 1.54) is 0 Å². The number of fused-ring (bicyclic) bond motifs is 1. The smallest absolute Gasteiger partial charge is 0.159 e. The van der Waals surface area contributed by atoms with Crippen molar-refractivity contribution in [3.8, 4) is 11.3 Å². The first-order valence-electron chi connectivity index (χ1n) is 5.70. The van der Waals surface area contributed by atoms with Crippen molar-refractivity contribution in [3.63, 3.8) is 0 Å². The maximum atomic E-state index is 14.2. The van der Waals surface area contributed by atoms with E-state index in [4.69, 9.17) is 0 Å². The predicted octanol–water partition coefficient (Wildman–Crippen LogP) is 4.49. The van der Waals surface area contributed by atoms with Crippen molar-refractivity contribution in [2.24, 2.45) is 0 Å². The van der Waals surface area contributed by atoms with Gasteiger partial charge in [0.25, 0.3) is 0 Å². The van der Waals surface area contributed by atoms with E-state index in [1.54, 1.807) is 42.5 Å². The topological polar surface area (TPSA) is 4.93 Å². The van der Waals surface area contributed by atoms with E-state index in [2.05, 4.69) is 0 Å². The lowest BCUT2D eigenvalue weighted by Crippen LogP contribution is -1.89. The van der Waals surface area contributed by atoms with Crippen LogP contribution in [0.25, 0.3) is 22.2 Å². The van der Waals surface area contributed by atoms with E-state index < -0.39 is 5.82 Å². The van der Waals surface area contributed by atoms with Crippen molar-refractivity contribution in [1.29, 1.82) is 0 Å². The van der Waals surface area contributed by atoms with Gasteiger partial charge >= 0.3 is 0 Å². The number of benzene rings is 2. The molecule has 0 radical (unpaired) electrons. The van der Waals surface area contributed by atoms with Gasteiger partial charge in [-0.05, 0) is 25.1 Å². The Balaban J connectivity index is 2.36. The molecule has 0 atom stereocenters. The van der Waals surface area contributed by atoms with Crippen LogP contribution in [0.15, 0.2) is 48.5 Å². The molecule has 2 aromatic carbocycles. The highest BCUT2D eigenvalue weighted by Crippen LogP contribution is 2.32. The van der Waals surface area contributed by atoms with Crippen LogP contribution in [-0.2, 0) is 0 Å². The molecule has 3 rings (SSSR count). The van der Waals surface area contributed by atoms with E-state index in [0.717, 1.165) is 5.56 Å². The molecule has 0 N–H and O–H groups in total. The van der Waals surface area contributed by atoms with Crippen molar-refractivity contribution in [1.82, 2.24) is 4.79 Å². The first-order chi connectivity index (χ1) is 8.68. The molecule has 0 aliphatic heterocycles. The van der Waals surface area contributed by atoms with Gasteiger partial charge in [-0.15, -0.1) is 0 Å². The molecule has 0 unspecified atom stereocenters. The molecule has 18 heavy (non-hydrogen) atoms. The monoisotopic (exact) mass is 243 g/mol. The molecule has 0 aliphatic rings. The Morgan fingerprint density at radius 3 is 2.50 bits per heavy atom. The van der Waals surface area contributed by atoms with Crippen LogP contribution in [0.1, 0.15) is 5.56 Å². The lowest BCUT2D eigenvalue weighted by Gasteiger charge is -2.02. The van der Waals surface area contributed by atoms with Gasteiger partial charge in [-0.3, -0.25) is 0 Å². The second-order valence-corrected chi connectivity index (χ2v) is 4.33. The Labute approximate surface area is 103 Å². The number of aryl methyl sites for hydroxylation is 1. The zero-order valence-corrected chi connectivity index (χ0v) is 9.82. The predicted molar refractivity (Wildman–Crippen MR) is 68.6 cm³/mol. The number of para-hydroxylation sites is 1. The summed E-state index contributed by atoms with van der Waals surface area (Å²) < 4.78 is 28.4. The Hall–Kier alpha value is -2.16. The minimum Gasteiger partial charge on any atom is -0.204 e. The summed E-state index contributed by atoms with van der Waals surface area (Å²) in [6.45, 7) is 1.90. The van der Waals surface area contributed by atoms with E-state index >= 15 is 0 Å². The Morgan fingerprint density at radius 1 is 1.00 bits per heavy atom. The summed E-state index contributed by atoms with van der Waals surface area (Å²) in [5.41, 5.74) is 1.76. The highest BCUT2D eigenvalue weighted by Gasteiger charge is 2.18. The molecule has 0 saturated heterocycles. The first-order valence-corrected chi connectivity index (χ1v) is 5.70. The SMILES string of the molecule is Cc1cccc(-c2c(F)c3ccccc3n2F)c1. The lowest BCUT2D eigenvalue weighted by molar-refractivity contribution is 0.389. The van der Waals surface area contributed by atoms with Crippen LogP contribution in [0.5, 0.6) is 0 Å². The van der Waals surface area contributed by atoms with Crippen molar-refractivity contribution >= 4 is 10.9 Å². The van der Waals surface area contributed by atoms with Crippen molar-refractivity contribution in [2.75, 3.05) is 0 Å². The van der Waals surface area contributed by atoms with Gasteiger partial charge in [-0.2, -0.15) is 4.79 Å². The number of hydrogen-bond acceptors (Lipinski definition) is 0. The molecular formula is C15H11F2N. The zero-order valence-electron chi connectivity index (χ0n) is 9.82. The van der Waals surface area contributed by atoms with Crippen molar-refractivity contribution in [2.45, 2.75) is 6.92 Å². The van der Waals surface area contributed by atoms with Crippen molar-refractivity contribution < 1.29 is 8.87 Å². The number of hydrogen-bond donors (Lipinski definition) is 0. The Bertz CT molecular complexity index is 689. The largest absolute Gasteiger partial charge is 0.204 e. The van der Waals surface area contributed by atoms with Gasteiger partial charge in [0.15, 0.2) is 5.82 Å². The number of halogens is 2. The molecule has 3 aromatic rings. The highest BCUT2D eigenvalue weighted by atomic mass is 19.2. The molecule has 1 heterocycles. The van der Waals surface area contributed by atoms with E-state index in [9.17, 15) is 8.87 Å². The van der Waals surface area contributed by atoms with Gasteiger partial charge in [-0.25, -0.2) is 4.39 Å². The molecule has 0 bridgehead atoms. The van der Waals surface area contributed by atoms with Crippen LogP contribution in [0, 0.1) is 12.7 Å². The Kier molecular flexibility index (Phi) is 2.40. The summed E-state index contributed by atoms with van der Waals surface area (Å²) in [4.78, 5) is 0.416. The summed E-state index contributed by atoms with van der Waals surface area (Å²) >= 11 is 0. The van der Waals surface area contributed by atoms with Gasteiger partial charge < -0.3 is 0 Å². The normalized spacial score (nSPS) is 11.1. The van der Waals surface area contributed by atoms with Gasteiger partial charge in [-0.1, -0.05) is 40.4 Å². The van der Waals surface area contributed by atoms with Crippen LogP contribution in [0.3, 0.4) is 0 Å².